The Hall–Kier alpha value is -2.71. The van der Waals surface area contributed by atoms with Gasteiger partial charge in [0.1, 0.15) is 23.7 Å². The topological polar surface area (TPSA) is 157 Å². The van der Waals surface area contributed by atoms with Gasteiger partial charge < -0.3 is 25.0 Å². The number of rotatable bonds is 14. The lowest BCUT2D eigenvalue weighted by atomic mass is 10.1. The highest BCUT2D eigenvalue weighted by molar-refractivity contribution is 9.10. The van der Waals surface area contributed by atoms with E-state index >= 15 is 0 Å². The lowest BCUT2D eigenvalue weighted by molar-refractivity contribution is -0.147. The number of nitrogens with one attached hydrogen (secondary N) is 2. The summed E-state index contributed by atoms with van der Waals surface area (Å²) in [6.45, 7) is 1.87. The first-order valence-corrected chi connectivity index (χ1v) is 18.0. The molecule has 5 rings (SSSR count). The molecule has 0 radical (unpaired) electrons. The second-order valence-corrected chi connectivity index (χ2v) is 15.2. The number of amides is 3. The van der Waals surface area contributed by atoms with Gasteiger partial charge in [-0.05, 0) is 74.6 Å². The number of halogens is 1. The van der Waals surface area contributed by atoms with Crippen molar-refractivity contribution in [2.75, 3.05) is 13.7 Å². The van der Waals surface area contributed by atoms with Crippen molar-refractivity contribution in [3.05, 3.63) is 28.7 Å². The van der Waals surface area contributed by atoms with Crippen LogP contribution >= 0.6 is 15.9 Å². The highest BCUT2D eigenvalue weighted by Crippen LogP contribution is 2.52. The Morgan fingerprint density at radius 1 is 1.00 bits per heavy atom. The molecule has 3 aliphatic carbocycles. The quantitative estimate of drug-likeness (QED) is 0.166. The van der Waals surface area contributed by atoms with E-state index in [1.54, 1.807) is 12.1 Å². The lowest BCUT2D eigenvalue weighted by Gasteiger charge is -2.29. The number of hydrogen-bond acceptors (Lipinski definition) is 9. The fraction of sp³-hybridized carbons (Fsp3) is 0.677. The number of hydrogen-bond donors (Lipinski definition) is 2. The third kappa shape index (κ3) is 8.18. The van der Waals surface area contributed by atoms with Gasteiger partial charge in [-0.1, -0.05) is 48.5 Å². The number of fused-ring (bicyclic) bond motifs is 1. The van der Waals surface area contributed by atoms with Crippen LogP contribution in [0.25, 0.3) is 0 Å². The maximum absolute atomic E-state index is 14.1. The van der Waals surface area contributed by atoms with Crippen molar-refractivity contribution in [2.45, 2.75) is 112 Å². The van der Waals surface area contributed by atoms with E-state index in [0.717, 1.165) is 32.1 Å². The summed E-state index contributed by atoms with van der Waals surface area (Å²) in [7, 11) is -2.99. The van der Waals surface area contributed by atoms with Gasteiger partial charge in [0.25, 0.3) is 10.1 Å². The van der Waals surface area contributed by atoms with E-state index < -0.39 is 57.7 Å². The molecule has 4 fully saturated rings. The van der Waals surface area contributed by atoms with Crippen LogP contribution in [0.5, 0.6) is 0 Å². The van der Waals surface area contributed by atoms with Crippen LogP contribution < -0.4 is 10.6 Å². The van der Waals surface area contributed by atoms with Gasteiger partial charge >= 0.3 is 12.1 Å². The standard InChI is InChI=1S/C31H42BrN3O9S/c1-3-4-5-6-7-25(33-30(39)43-22-15-19-14-20(19)16-22)28(37)35-18-23(44-45(40,41)24-10-8-21(32)9-11-24)17-26(35)27(36)34-31(12-13-31)29(38)42-2/h8-11,19-20,22-23,25-26H,3-7,12-18H2,1-2H3,(H,33,39)(H,34,36)/t19-,20+,22?,23-,25-,26-/m0/s1. The predicted octanol–water partition coefficient (Wildman–Crippen LogP) is 3.81. The zero-order valence-electron chi connectivity index (χ0n) is 25.7. The second kappa shape index (κ2) is 14.0. The van der Waals surface area contributed by atoms with E-state index in [0.29, 0.717) is 42.0 Å². The highest BCUT2D eigenvalue weighted by atomic mass is 79.9. The van der Waals surface area contributed by atoms with Gasteiger partial charge in [-0.15, -0.1) is 0 Å². The van der Waals surface area contributed by atoms with Gasteiger partial charge in [0.2, 0.25) is 11.8 Å². The molecule has 3 amide bonds. The molecule has 1 unspecified atom stereocenters. The highest BCUT2D eigenvalue weighted by Gasteiger charge is 2.55. The van der Waals surface area contributed by atoms with Crippen molar-refractivity contribution in [3.63, 3.8) is 0 Å². The van der Waals surface area contributed by atoms with E-state index in [4.69, 9.17) is 13.7 Å². The number of nitrogens with zero attached hydrogens (tertiary/aromatic N) is 1. The van der Waals surface area contributed by atoms with E-state index in [-0.39, 0.29) is 24.0 Å². The van der Waals surface area contributed by atoms with Crippen molar-refractivity contribution >= 4 is 49.9 Å². The smallest absolute Gasteiger partial charge is 0.408 e. The largest absolute Gasteiger partial charge is 0.467 e. The van der Waals surface area contributed by atoms with Crippen molar-refractivity contribution in [2.24, 2.45) is 11.8 Å². The van der Waals surface area contributed by atoms with Crippen LogP contribution in [0.1, 0.15) is 77.6 Å². The summed E-state index contributed by atoms with van der Waals surface area (Å²) in [6.07, 6.45) is 5.38. The Morgan fingerprint density at radius 3 is 2.31 bits per heavy atom. The van der Waals surface area contributed by atoms with Gasteiger partial charge in [-0.25, -0.2) is 9.59 Å². The van der Waals surface area contributed by atoms with Gasteiger partial charge in [0, 0.05) is 17.4 Å². The molecule has 1 aliphatic heterocycles. The molecule has 0 spiro atoms. The monoisotopic (exact) mass is 711 g/mol. The Bertz CT molecular complexity index is 1370. The van der Waals surface area contributed by atoms with E-state index in [1.807, 2.05) is 0 Å². The van der Waals surface area contributed by atoms with Crippen LogP contribution in [-0.2, 0) is 38.2 Å². The SMILES string of the molecule is CCCCCC[C@H](NC(=O)OC1C[C@@H]2C[C@@H]2C1)C(=O)N1C[C@@H](OS(=O)(=O)c2ccc(Br)cc2)C[C@H]1C(=O)NC1(C(=O)OC)CC1. The molecule has 2 N–H and O–H groups in total. The number of likely N-dealkylation sites (tertiary alicyclic amines) is 1. The average Bonchev–Trinajstić information content (AvgIpc) is 3.86. The predicted molar refractivity (Wildman–Crippen MR) is 165 cm³/mol. The molecule has 248 valence electrons. The molecule has 45 heavy (non-hydrogen) atoms. The maximum atomic E-state index is 14.1. The molecule has 1 aromatic rings. The Morgan fingerprint density at radius 2 is 1.69 bits per heavy atom. The van der Waals surface area contributed by atoms with Crippen molar-refractivity contribution in [1.29, 1.82) is 0 Å². The first-order chi connectivity index (χ1) is 21.4. The summed E-state index contributed by atoms with van der Waals surface area (Å²) in [5.41, 5.74) is -1.17. The molecule has 14 heteroatoms. The maximum Gasteiger partial charge on any atom is 0.408 e. The average molecular weight is 713 g/mol. The number of carbonyl (C=O) groups is 4. The van der Waals surface area contributed by atoms with Crippen LogP contribution in [0.15, 0.2) is 33.6 Å². The van der Waals surface area contributed by atoms with Crippen LogP contribution in [0, 0.1) is 11.8 Å². The van der Waals surface area contributed by atoms with E-state index in [9.17, 15) is 27.6 Å². The van der Waals surface area contributed by atoms with Crippen LogP contribution in [0.4, 0.5) is 4.79 Å². The molecular weight excluding hydrogens is 670 g/mol. The summed E-state index contributed by atoms with van der Waals surface area (Å²) in [6, 6.07) is 3.80. The van der Waals surface area contributed by atoms with Gasteiger partial charge in [0.05, 0.1) is 18.1 Å². The Balaban J connectivity index is 1.33. The minimum atomic E-state index is -4.23. The summed E-state index contributed by atoms with van der Waals surface area (Å²) in [5.74, 6) is -0.504. The van der Waals surface area contributed by atoms with Crippen molar-refractivity contribution < 1.29 is 41.3 Å². The first kappa shape index (κ1) is 33.6. The molecule has 1 heterocycles. The van der Waals surface area contributed by atoms with E-state index in [2.05, 4.69) is 33.5 Å². The molecule has 4 aliphatic rings. The normalized spacial score (nSPS) is 26.8. The molecule has 1 saturated heterocycles. The fourth-order valence-corrected chi connectivity index (χ4v) is 7.87. The van der Waals surface area contributed by atoms with Crippen molar-refractivity contribution in [3.8, 4) is 0 Å². The molecular formula is C31H42BrN3O9S. The zero-order chi connectivity index (χ0) is 32.4. The Labute approximate surface area is 272 Å². The third-order valence-corrected chi connectivity index (χ3v) is 11.2. The van der Waals surface area contributed by atoms with Crippen LogP contribution in [0.2, 0.25) is 0 Å². The third-order valence-electron chi connectivity index (χ3n) is 9.31. The summed E-state index contributed by atoms with van der Waals surface area (Å²) in [4.78, 5) is 54.3. The number of ether oxygens (including phenoxy) is 2. The number of methoxy groups -OCH3 is 1. The van der Waals surface area contributed by atoms with Crippen LogP contribution in [-0.4, -0.2) is 80.7 Å². The first-order valence-electron chi connectivity index (χ1n) is 15.8. The number of alkyl carbamates (subject to hydrolysis) is 1. The van der Waals surface area contributed by atoms with Gasteiger partial charge in [-0.3, -0.25) is 13.8 Å². The summed E-state index contributed by atoms with van der Waals surface area (Å²) >= 11 is 3.28. The summed E-state index contributed by atoms with van der Waals surface area (Å²) in [5, 5.41) is 5.48. The molecule has 0 bridgehead atoms. The fourth-order valence-electron chi connectivity index (χ4n) is 6.53. The molecule has 12 nitrogen and oxygen atoms in total. The van der Waals surface area contributed by atoms with Crippen LogP contribution in [0.3, 0.4) is 0 Å². The number of esters is 1. The minimum absolute atomic E-state index is 0.0677. The van der Waals surface area contributed by atoms with Crippen molar-refractivity contribution in [1.82, 2.24) is 15.5 Å². The van der Waals surface area contributed by atoms with Gasteiger partial charge in [0.15, 0.2) is 0 Å². The zero-order valence-corrected chi connectivity index (χ0v) is 28.1. The number of benzene rings is 1. The number of carbonyl (C=O) groups excluding carboxylic acids is 4. The molecule has 0 aromatic heterocycles. The Kier molecular flexibility index (Phi) is 10.4. The lowest BCUT2D eigenvalue weighted by Crippen LogP contribution is -2.56. The molecule has 6 atom stereocenters. The van der Waals surface area contributed by atoms with E-state index in [1.165, 1.54) is 30.6 Å². The summed E-state index contributed by atoms with van der Waals surface area (Å²) < 4.78 is 43.0. The molecule has 1 aromatic carbocycles. The second-order valence-electron chi connectivity index (χ2n) is 12.7. The number of unbranched alkanes of at least 4 members (excludes halogenated alkanes) is 3. The molecule has 3 saturated carbocycles. The minimum Gasteiger partial charge on any atom is -0.467 e. The van der Waals surface area contributed by atoms with Gasteiger partial charge in [-0.2, -0.15) is 8.42 Å².